The first-order valence-electron chi connectivity index (χ1n) is 6.57. The van der Waals surface area contributed by atoms with Crippen molar-refractivity contribution in [3.05, 3.63) is 42.6 Å². The van der Waals surface area contributed by atoms with E-state index in [1.165, 1.54) is 5.69 Å². The zero-order chi connectivity index (χ0) is 13.5. The highest BCUT2D eigenvalue weighted by atomic mass is 15.3. The van der Waals surface area contributed by atoms with Crippen molar-refractivity contribution >= 4 is 22.3 Å². The molecule has 6 nitrogen and oxygen atoms in total. The summed E-state index contributed by atoms with van der Waals surface area (Å²) in [7, 11) is 0. The summed E-state index contributed by atoms with van der Waals surface area (Å²) in [4.78, 5) is 6.70. The standard InChI is InChI=1S/C14H14N6/c15-10-1-2-11-12(7-10)16-4-3-13(11)19-5-6-20-9-17-18-14(20)8-19/h1-4,7,9H,5-6,8,15H2. The number of anilines is 2. The van der Waals surface area contributed by atoms with Crippen LogP contribution in [-0.4, -0.2) is 26.3 Å². The fourth-order valence-electron chi connectivity index (χ4n) is 2.70. The molecule has 0 unspecified atom stereocenters. The largest absolute Gasteiger partial charge is 0.399 e. The molecule has 20 heavy (non-hydrogen) atoms. The van der Waals surface area contributed by atoms with Gasteiger partial charge in [-0.25, -0.2) is 0 Å². The number of fused-ring (bicyclic) bond motifs is 2. The highest BCUT2D eigenvalue weighted by molar-refractivity contribution is 5.93. The number of nitrogens with zero attached hydrogens (tertiary/aromatic N) is 5. The van der Waals surface area contributed by atoms with Gasteiger partial charge < -0.3 is 15.2 Å². The van der Waals surface area contributed by atoms with Gasteiger partial charge in [-0.2, -0.15) is 0 Å². The first kappa shape index (κ1) is 11.2. The third-order valence-corrected chi connectivity index (χ3v) is 3.72. The molecular formula is C14H14N6. The summed E-state index contributed by atoms with van der Waals surface area (Å²) in [5.74, 6) is 0.997. The van der Waals surface area contributed by atoms with Crippen LogP contribution >= 0.6 is 0 Å². The maximum absolute atomic E-state index is 5.83. The van der Waals surface area contributed by atoms with E-state index in [4.69, 9.17) is 5.73 Å². The fraction of sp³-hybridized carbons (Fsp3) is 0.214. The van der Waals surface area contributed by atoms with Crippen molar-refractivity contribution in [1.29, 1.82) is 0 Å². The third-order valence-electron chi connectivity index (χ3n) is 3.72. The average Bonchev–Trinajstić information content (AvgIpc) is 2.93. The topological polar surface area (TPSA) is 72.9 Å². The van der Waals surface area contributed by atoms with E-state index in [9.17, 15) is 0 Å². The maximum Gasteiger partial charge on any atom is 0.152 e. The summed E-state index contributed by atoms with van der Waals surface area (Å²) < 4.78 is 2.10. The molecule has 6 heteroatoms. The van der Waals surface area contributed by atoms with Crippen LogP contribution in [0.25, 0.3) is 10.9 Å². The Labute approximate surface area is 115 Å². The highest BCUT2D eigenvalue weighted by Gasteiger charge is 2.19. The number of rotatable bonds is 1. The number of nitrogen functional groups attached to an aromatic ring is 1. The summed E-state index contributed by atoms with van der Waals surface area (Å²) >= 11 is 0. The van der Waals surface area contributed by atoms with Gasteiger partial charge in [0.2, 0.25) is 0 Å². The molecule has 4 rings (SSSR count). The summed E-state index contributed by atoms with van der Waals surface area (Å²) in [5, 5.41) is 9.25. The maximum atomic E-state index is 5.83. The SMILES string of the molecule is Nc1ccc2c(N3CCn4cnnc4C3)ccnc2c1. The van der Waals surface area contributed by atoms with Crippen LogP contribution in [0.1, 0.15) is 5.82 Å². The first-order chi connectivity index (χ1) is 9.81. The number of nitrogens with two attached hydrogens (primary N) is 1. The Morgan fingerprint density at radius 2 is 2.10 bits per heavy atom. The molecule has 0 atom stereocenters. The lowest BCUT2D eigenvalue weighted by Gasteiger charge is -2.29. The van der Waals surface area contributed by atoms with Crippen molar-refractivity contribution in [3.8, 4) is 0 Å². The van der Waals surface area contributed by atoms with Gasteiger partial charge in [-0.05, 0) is 24.3 Å². The smallest absolute Gasteiger partial charge is 0.152 e. The summed E-state index contributed by atoms with van der Waals surface area (Å²) in [5.41, 5.74) is 8.66. The molecule has 3 heterocycles. The molecule has 0 bridgehead atoms. The third kappa shape index (κ3) is 1.69. The van der Waals surface area contributed by atoms with E-state index >= 15 is 0 Å². The van der Waals surface area contributed by atoms with Crippen molar-refractivity contribution < 1.29 is 0 Å². The molecule has 1 aromatic carbocycles. The predicted octanol–water partition coefficient (Wildman–Crippen LogP) is 1.43. The van der Waals surface area contributed by atoms with E-state index in [0.717, 1.165) is 42.0 Å². The molecule has 2 aromatic heterocycles. The lowest BCUT2D eigenvalue weighted by Crippen LogP contribution is -2.33. The molecule has 2 N–H and O–H groups in total. The Kier molecular flexibility index (Phi) is 2.35. The van der Waals surface area contributed by atoms with Gasteiger partial charge in [0.1, 0.15) is 6.33 Å². The number of hydrogen-bond acceptors (Lipinski definition) is 5. The van der Waals surface area contributed by atoms with E-state index in [0.29, 0.717) is 0 Å². The van der Waals surface area contributed by atoms with Gasteiger partial charge in [-0.15, -0.1) is 10.2 Å². The molecule has 1 aliphatic heterocycles. The molecule has 0 fully saturated rings. The van der Waals surface area contributed by atoms with Crippen molar-refractivity contribution in [1.82, 2.24) is 19.7 Å². The quantitative estimate of drug-likeness (QED) is 0.674. The van der Waals surface area contributed by atoms with Gasteiger partial charge in [-0.3, -0.25) is 4.98 Å². The molecule has 1 aliphatic rings. The zero-order valence-electron chi connectivity index (χ0n) is 10.9. The highest BCUT2D eigenvalue weighted by Crippen LogP contribution is 2.28. The van der Waals surface area contributed by atoms with Crippen LogP contribution in [0.5, 0.6) is 0 Å². The van der Waals surface area contributed by atoms with Gasteiger partial charge in [0.15, 0.2) is 5.82 Å². The average molecular weight is 266 g/mol. The molecule has 0 saturated heterocycles. The minimum Gasteiger partial charge on any atom is -0.399 e. The van der Waals surface area contributed by atoms with Crippen LogP contribution < -0.4 is 10.6 Å². The Morgan fingerprint density at radius 3 is 3.05 bits per heavy atom. The van der Waals surface area contributed by atoms with E-state index < -0.39 is 0 Å². The van der Waals surface area contributed by atoms with Crippen LogP contribution in [0.15, 0.2) is 36.8 Å². The van der Waals surface area contributed by atoms with Crippen molar-refractivity contribution in [3.63, 3.8) is 0 Å². The van der Waals surface area contributed by atoms with Crippen LogP contribution in [0.2, 0.25) is 0 Å². The second-order valence-corrected chi connectivity index (χ2v) is 4.97. The Bertz CT molecular complexity index is 778. The molecular weight excluding hydrogens is 252 g/mol. The monoisotopic (exact) mass is 266 g/mol. The van der Waals surface area contributed by atoms with Crippen molar-refractivity contribution in [2.45, 2.75) is 13.1 Å². The summed E-state index contributed by atoms with van der Waals surface area (Å²) in [6.07, 6.45) is 3.62. The molecule has 100 valence electrons. The molecule has 0 aliphatic carbocycles. The van der Waals surface area contributed by atoms with E-state index in [1.54, 1.807) is 6.33 Å². The van der Waals surface area contributed by atoms with E-state index in [-0.39, 0.29) is 0 Å². The van der Waals surface area contributed by atoms with E-state index in [1.807, 2.05) is 30.5 Å². The fourth-order valence-corrected chi connectivity index (χ4v) is 2.70. The van der Waals surface area contributed by atoms with Crippen LogP contribution in [0.4, 0.5) is 11.4 Å². The number of hydrogen-bond donors (Lipinski definition) is 1. The lowest BCUT2D eigenvalue weighted by molar-refractivity contribution is 0.561. The van der Waals surface area contributed by atoms with Crippen molar-refractivity contribution in [2.75, 3.05) is 17.2 Å². The van der Waals surface area contributed by atoms with Gasteiger partial charge in [0.05, 0.1) is 12.1 Å². The predicted molar refractivity (Wildman–Crippen MR) is 77.2 cm³/mol. The number of pyridine rings is 1. The summed E-state index contributed by atoms with van der Waals surface area (Å²) in [6, 6.07) is 7.90. The van der Waals surface area contributed by atoms with Gasteiger partial charge in [-0.1, -0.05) is 0 Å². The van der Waals surface area contributed by atoms with Gasteiger partial charge >= 0.3 is 0 Å². The van der Waals surface area contributed by atoms with Crippen LogP contribution in [0, 0.1) is 0 Å². The molecule has 3 aromatic rings. The second-order valence-electron chi connectivity index (χ2n) is 4.97. The molecule has 0 saturated carbocycles. The lowest BCUT2D eigenvalue weighted by atomic mass is 10.1. The van der Waals surface area contributed by atoms with Gasteiger partial charge in [0, 0.05) is 36.0 Å². The summed E-state index contributed by atoms with van der Waals surface area (Å²) in [6.45, 7) is 2.61. The number of aromatic nitrogens is 4. The second kappa shape index (κ2) is 4.19. The minimum atomic E-state index is 0.737. The normalized spacial score (nSPS) is 14.5. The molecule has 0 radical (unpaired) electrons. The molecule has 0 amide bonds. The zero-order valence-corrected chi connectivity index (χ0v) is 10.9. The van der Waals surface area contributed by atoms with Crippen LogP contribution in [0.3, 0.4) is 0 Å². The Hall–Kier alpha value is -2.63. The Balaban J connectivity index is 1.80. The van der Waals surface area contributed by atoms with Crippen LogP contribution in [-0.2, 0) is 13.1 Å². The number of benzene rings is 1. The van der Waals surface area contributed by atoms with Gasteiger partial charge in [0.25, 0.3) is 0 Å². The Morgan fingerprint density at radius 1 is 1.15 bits per heavy atom. The minimum absolute atomic E-state index is 0.737. The van der Waals surface area contributed by atoms with E-state index in [2.05, 4.69) is 24.6 Å². The molecule has 0 spiro atoms. The van der Waals surface area contributed by atoms with Crippen molar-refractivity contribution in [2.24, 2.45) is 0 Å². The first-order valence-corrected chi connectivity index (χ1v) is 6.57.